The van der Waals surface area contributed by atoms with E-state index in [1.807, 2.05) is 0 Å². The van der Waals surface area contributed by atoms with Crippen LogP contribution in [0, 0.1) is 11.7 Å². The normalized spacial score (nSPS) is 22.6. The van der Waals surface area contributed by atoms with E-state index >= 15 is 0 Å². The first-order chi connectivity index (χ1) is 10.7. The van der Waals surface area contributed by atoms with Crippen LogP contribution >= 0.6 is 11.6 Å². The maximum atomic E-state index is 13.9. The molecule has 2 fully saturated rings. The number of hydrogen-bond donors (Lipinski definition) is 2. The summed E-state index contributed by atoms with van der Waals surface area (Å²) in [6.45, 7) is 3.68. The third kappa shape index (κ3) is 3.24. The topological polar surface area (TPSA) is 35.5 Å². The summed E-state index contributed by atoms with van der Waals surface area (Å²) in [5.41, 5.74) is 0.593. The first kappa shape index (κ1) is 16.0. The monoisotopic (exact) mass is 326 g/mol. The molecule has 22 heavy (non-hydrogen) atoms. The molecule has 1 atom stereocenters. The molecular formula is C17H24ClFN2O. The minimum Gasteiger partial charge on any atom is -0.505 e. The van der Waals surface area contributed by atoms with Gasteiger partial charge >= 0.3 is 0 Å². The molecule has 0 unspecified atom stereocenters. The summed E-state index contributed by atoms with van der Waals surface area (Å²) >= 11 is 6.37. The van der Waals surface area contributed by atoms with Crippen LogP contribution in [0.5, 0.6) is 5.75 Å². The Kier molecular flexibility index (Phi) is 5.21. The number of benzene rings is 1. The van der Waals surface area contributed by atoms with Gasteiger partial charge in [0.1, 0.15) is 0 Å². The van der Waals surface area contributed by atoms with Gasteiger partial charge in [0, 0.05) is 42.8 Å². The Bertz CT molecular complexity index is 496. The molecular weight excluding hydrogens is 303 g/mol. The highest BCUT2D eigenvalue weighted by Crippen LogP contribution is 2.45. The van der Waals surface area contributed by atoms with E-state index in [1.54, 1.807) is 6.07 Å². The van der Waals surface area contributed by atoms with Crippen molar-refractivity contribution >= 4 is 11.6 Å². The average Bonchev–Trinajstić information content (AvgIpc) is 2.57. The van der Waals surface area contributed by atoms with Crippen LogP contribution in [0.25, 0.3) is 0 Å². The van der Waals surface area contributed by atoms with E-state index in [0.29, 0.717) is 16.5 Å². The molecule has 0 aromatic heterocycles. The molecule has 3 rings (SSSR count). The van der Waals surface area contributed by atoms with Crippen molar-refractivity contribution in [2.24, 2.45) is 5.92 Å². The summed E-state index contributed by atoms with van der Waals surface area (Å²) in [5.74, 6) is -0.394. The van der Waals surface area contributed by atoms with E-state index in [0.717, 1.165) is 39.0 Å². The number of nitrogens with zero attached hydrogens (tertiary/aromatic N) is 1. The van der Waals surface area contributed by atoms with Crippen LogP contribution in [-0.2, 0) is 0 Å². The van der Waals surface area contributed by atoms with Crippen molar-refractivity contribution in [3.8, 4) is 5.75 Å². The molecule has 3 nitrogen and oxygen atoms in total. The summed E-state index contributed by atoms with van der Waals surface area (Å²) in [4.78, 5) is 2.37. The van der Waals surface area contributed by atoms with Crippen molar-refractivity contribution in [3.05, 3.63) is 28.5 Å². The lowest BCUT2D eigenvalue weighted by Gasteiger charge is -2.41. The summed E-state index contributed by atoms with van der Waals surface area (Å²) in [6.07, 6.45) is 5.94. The van der Waals surface area contributed by atoms with Crippen molar-refractivity contribution < 1.29 is 9.50 Å². The van der Waals surface area contributed by atoms with Gasteiger partial charge < -0.3 is 10.4 Å². The molecule has 1 aliphatic heterocycles. The smallest absolute Gasteiger partial charge is 0.165 e. The molecule has 2 aliphatic rings. The van der Waals surface area contributed by atoms with Gasteiger partial charge in [0.2, 0.25) is 0 Å². The second kappa shape index (κ2) is 7.16. The first-order valence-corrected chi connectivity index (χ1v) is 8.68. The van der Waals surface area contributed by atoms with Crippen LogP contribution in [0.4, 0.5) is 4.39 Å². The van der Waals surface area contributed by atoms with Gasteiger partial charge in [-0.3, -0.25) is 4.90 Å². The Morgan fingerprint density at radius 2 is 1.86 bits per heavy atom. The third-order valence-corrected chi connectivity index (χ3v) is 5.38. The van der Waals surface area contributed by atoms with Gasteiger partial charge in [0.05, 0.1) is 0 Å². The molecule has 5 heteroatoms. The van der Waals surface area contributed by atoms with Gasteiger partial charge in [0.25, 0.3) is 0 Å². The van der Waals surface area contributed by atoms with E-state index in [4.69, 9.17) is 11.6 Å². The van der Waals surface area contributed by atoms with E-state index in [-0.39, 0.29) is 11.8 Å². The van der Waals surface area contributed by atoms with Crippen LogP contribution in [0.15, 0.2) is 12.1 Å². The fourth-order valence-corrected chi connectivity index (χ4v) is 4.23. The van der Waals surface area contributed by atoms with Crippen LogP contribution < -0.4 is 5.32 Å². The van der Waals surface area contributed by atoms with E-state index < -0.39 is 5.82 Å². The Balaban J connectivity index is 1.98. The molecule has 1 aliphatic carbocycles. The highest BCUT2D eigenvalue weighted by molar-refractivity contribution is 6.31. The van der Waals surface area contributed by atoms with E-state index in [2.05, 4.69) is 10.2 Å². The minimum absolute atomic E-state index is 0.0191. The fraction of sp³-hybridized carbons (Fsp3) is 0.647. The van der Waals surface area contributed by atoms with Gasteiger partial charge in [-0.2, -0.15) is 0 Å². The molecule has 122 valence electrons. The summed E-state index contributed by atoms with van der Waals surface area (Å²) in [7, 11) is 0. The first-order valence-electron chi connectivity index (χ1n) is 8.30. The molecule has 0 spiro atoms. The lowest BCUT2D eigenvalue weighted by Crippen LogP contribution is -2.47. The Hall–Kier alpha value is -0.840. The van der Waals surface area contributed by atoms with Crippen LogP contribution in [-0.4, -0.2) is 36.2 Å². The second-order valence-electron chi connectivity index (χ2n) is 6.42. The molecule has 1 heterocycles. The van der Waals surface area contributed by atoms with Gasteiger partial charge in [0.15, 0.2) is 11.6 Å². The van der Waals surface area contributed by atoms with Gasteiger partial charge in [-0.15, -0.1) is 0 Å². The predicted molar refractivity (Wildman–Crippen MR) is 86.8 cm³/mol. The molecule has 1 saturated carbocycles. The molecule has 0 amide bonds. The summed E-state index contributed by atoms with van der Waals surface area (Å²) < 4.78 is 13.9. The van der Waals surface area contributed by atoms with Gasteiger partial charge in [-0.05, 0) is 30.9 Å². The Labute approximate surface area is 136 Å². The largest absolute Gasteiger partial charge is 0.505 e. The standard InChI is InChI=1S/C17H24ClFN2O/c18-13-6-7-14(19)17(22)15(13)16(12-4-2-1-3-5-12)21-10-8-20-9-11-21/h6-7,12,16,20,22H,1-5,8-11H2/t16-/m0/s1. The maximum Gasteiger partial charge on any atom is 0.165 e. The number of phenolic OH excluding ortho intramolecular Hbond substituents is 1. The van der Waals surface area contributed by atoms with Crippen LogP contribution in [0.2, 0.25) is 5.02 Å². The van der Waals surface area contributed by atoms with Crippen molar-refractivity contribution in [1.82, 2.24) is 10.2 Å². The number of aromatic hydroxyl groups is 1. The number of halogens is 2. The zero-order valence-electron chi connectivity index (χ0n) is 12.8. The molecule has 0 radical (unpaired) electrons. The lowest BCUT2D eigenvalue weighted by atomic mass is 9.79. The van der Waals surface area contributed by atoms with Crippen molar-refractivity contribution in [1.29, 1.82) is 0 Å². The number of phenols is 1. The maximum absolute atomic E-state index is 13.9. The predicted octanol–water partition coefficient (Wildman–Crippen LogP) is 3.71. The summed E-state index contributed by atoms with van der Waals surface area (Å²) in [5, 5.41) is 14.1. The molecule has 1 aromatic rings. The van der Waals surface area contributed by atoms with Gasteiger partial charge in [-0.25, -0.2) is 4.39 Å². The van der Waals surface area contributed by atoms with Crippen LogP contribution in [0.3, 0.4) is 0 Å². The zero-order chi connectivity index (χ0) is 15.5. The van der Waals surface area contributed by atoms with Crippen molar-refractivity contribution in [2.75, 3.05) is 26.2 Å². The highest BCUT2D eigenvalue weighted by Gasteiger charge is 2.34. The lowest BCUT2D eigenvalue weighted by molar-refractivity contribution is 0.101. The molecule has 1 saturated heterocycles. The van der Waals surface area contributed by atoms with Crippen LogP contribution in [0.1, 0.15) is 43.7 Å². The highest BCUT2D eigenvalue weighted by atomic mass is 35.5. The van der Waals surface area contributed by atoms with E-state index in [1.165, 1.54) is 25.3 Å². The third-order valence-electron chi connectivity index (χ3n) is 5.05. The van der Waals surface area contributed by atoms with Gasteiger partial charge in [-0.1, -0.05) is 30.9 Å². The Morgan fingerprint density at radius 3 is 2.55 bits per heavy atom. The number of hydrogen-bond acceptors (Lipinski definition) is 3. The van der Waals surface area contributed by atoms with Crippen molar-refractivity contribution in [3.63, 3.8) is 0 Å². The number of piperazine rings is 1. The SMILES string of the molecule is Oc1c(F)ccc(Cl)c1[C@H](C1CCCCC1)N1CCNCC1. The minimum atomic E-state index is -0.574. The zero-order valence-corrected chi connectivity index (χ0v) is 13.6. The fourth-order valence-electron chi connectivity index (χ4n) is 3.96. The van der Waals surface area contributed by atoms with Crippen molar-refractivity contribution in [2.45, 2.75) is 38.1 Å². The molecule has 0 bridgehead atoms. The Morgan fingerprint density at radius 1 is 1.18 bits per heavy atom. The average molecular weight is 327 g/mol. The summed E-state index contributed by atoms with van der Waals surface area (Å²) in [6, 6.07) is 2.84. The number of rotatable bonds is 3. The van der Waals surface area contributed by atoms with E-state index in [9.17, 15) is 9.50 Å². The second-order valence-corrected chi connectivity index (χ2v) is 6.83. The number of nitrogens with one attached hydrogen (secondary N) is 1. The quantitative estimate of drug-likeness (QED) is 0.888. The molecule has 1 aromatic carbocycles. The molecule has 2 N–H and O–H groups in total.